The second-order valence-electron chi connectivity index (χ2n) is 5.07. The SMILES string of the molecule is CCNC(Cc1cc(Br)ccc1F)CC1CCCO1. The molecule has 2 atom stereocenters. The van der Waals surface area contributed by atoms with E-state index in [1.807, 2.05) is 6.07 Å². The van der Waals surface area contributed by atoms with Crippen LogP contribution in [0.1, 0.15) is 31.7 Å². The Balaban J connectivity index is 2.00. The number of halogens is 2. The van der Waals surface area contributed by atoms with Crippen LogP contribution >= 0.6 is 15.9 Å². The van der Waals surface area contributed by atoms with Gasteiger partial charge in [0, 0.05) is 17.1 Å². The van der Waals surface area contributed by atoms with Crippen molar-refractivity contribution < 1.29 is 9.13 Å². The van der Waals surface area contributed by atoms with Gasteiger partial charge in [0.25, 0.3) is 0 Å². The van der Waals surface area contributed by atoms with Crippen LogP contribution in [0.25, 0.3) is 0 Å². The van der Waals surface area contributed by atoms with Crippen molar-refractivity contribution in [2.45, 2.75) is 44.8 Å². The summed E-state index contributed by atoms with van der Waals surface area (Å²) in [7, 11) is 0. The maximum absolute atomic E-state index is 13.8. The molecule has 0 aromatic heterocycles. The van der Waals surface area contributed by atoms with E-state index >= 15 is 0 Å². The van der Waals surface area contributed by atoms with Crippen LogP contribution in [0.4, 0.5) is 4.39 Å². The summed E-state index contributed by atoms with van der Waals surface area (Å²) < 4.78 is 20.4. The summed E-state index contributed by atoms with van der Waals surface area (Å²) in [5.74, 6) is -0.126. The number of nitrogens with one attached hydrogen (secondary N) is 1. The van der Waals surface area contributed by atoms with Gasteiger partial charge in [0.2, 0.25) is 0 Å². The van der Waals surface area contributed by atoms with E-state index in [-0.39, 0.29) is 11.9 Å². The third kappa shape index (κ3) is 4.55. The quantitative estimate of drug-likeness (QED) is 0.859. The van der Waals surface area contributed by atoms with Crippen LogP contribution in [0.15, 0.2) is 22.7 Å². The molecule has 1 saturated heterocycles. The molecule has 0 radical (unpaired) electrons. The average Bonchev–Trinajstić information content (AvgIpc) is 2.87. The highest BCUT2D eigenvalue weighted by Gasteiger charge is 2.21. The molecule has 0 amide bonds. The van der Waals surface area contributed by atoms with Gasteiger partial charge in [-0.3, -0.25) is 0 Å². The monoisotopic (exact) mass is 329 g/mol. The van der Waals surface area contributed by atoms with Gasteiger partial charge >= 0.3 is 0 Å². The fraction of sp³-hybridized carbons (Fsp3) is 0.600. The third-order valence-corrected chi connectivity index (χ3v) is 4.03. The van der Waals surface area contributed by atoms with Crippen LogP contribution < -0.4 is 5.32 Å². The molecule has 19 heavy (non-hydrogen) atoms. The summed E-state index contributed by atoms with van der Waals surface area (Å²) in [5.41, 5.74) is 0.762. The van der Waals surface area contributed by atoms with Crippen LogP contribution in [-0.2, 0) is 11.2 Å². The lowest BCUT2D eigenvalue weighted by molar-refractivity contribution is 0.0947. The lowest BCUT2D eigenvalue weighted by Crippen LogP contribution is -2.34. The first-order chi connectivity index (χ1) is 9.19. The Morgan fingerprint density at radius 1 is 1.53 bits per heavy atom. The lowest BCUT2D eigenvalue weighted by atomic mass is 9.99. The van der Waals surface area contributed by atoms with Crippen molar-refractivity contribution in [1.82, 2.24) is 5.32 Å². The smallest absolute Gasteiger partial charge is 0.126 e. The second-order valence-corrected chi connectivity index (χ2v) is 5.98. The molecular formula is C15H21BrFNO. The highest BCUT2D eigenvalue weighted by Crippen LogP contribution is 2.21. The number of hydrogen-bond acceptors (Lipinski definition) is 2. The summed E-state index contributed by atoms with van der Waals surface area (Å²) in [6.07, 6.45) is 4.27. The first-order valence-electron chi connectivity index (χ1n) is 6.98. The van der Waals surface area contributed by atoms with Crippen molar-refractivity contribution in [3.8, 4) is 0 Å². The molecule has 1 aromatic rings. The minimum atomic E-state index is -0.126. The van der Waals surface area contributed by atoms with Gasteiger partial charge in [0.15, 0.2) is 0 Å². The summed E-state index contributed by atoms with van der Waals surface area (Å²) in [6.45, 7) is 3.85. The van der Waals surface area contributed by atoms with Crippen LogP contribution in [-0.4, -0.2) is 25.3 Å². The summed E-state index contributed by atoms with van der Waals surface area (Å²) in [6, 6.07) is 5.40. The highest BCUT2D eigenvalue weighted by atomic mass is 79.9. The lowest BCUT2D eigenvalue weighted by Gasteiger charge is -2.21. The van der Waals surface area contributed by atoms with E-state index in [1.165, 1.54) is 6.07 Å². The molecule has 2 unspecified atom stereocenters. The Kier molecular flexibility index (Phi) is 5.79. The zero-order valence-corrected chi connectivity index (χ0v) is 12.9. The van der Waals surface area contributed by atoms with E-state index in [0.717, 1.165) is 42.5 Å². The van der Waals surface area contributed by atoms with Gasteiger partial charge in [-0.25, -0.2) is 4.39 Å². The fourth-order valence-electron chi connectivity index (χ4n) is 2.64. The number of ether oxygens (including phenoxy) is 1. The first-order valence-corrected chi connectivity index (χ1v) is 7.77. The molecule has 4 heteroatoms. The van der Waals surface area contributed by atoms with Crippen molar-refractivity contribution in [3.05, 3.63) is 34.1 Å². The van der Waals surface area contributed by atoms with E-state index in [9.17, 15) is 4.39 Å². The molecule has 1 heterocycles. The number of likely N-dealkylation sites (N-methyl/N-ethyl adjacent to an activating group) is 1. The van der Waals surface area contributed by atoms with E-state index in [1.54, 1.807) is 6.07 Å². The number of hydrogen-bond donors (Lipinski definition) is 1. The van der Waals surface area contributed by atoms with Gasteiger partial charge < -0.3 is 10.1 Å². The van der Waals surface area contributed by atoms with Crippen LogP contribution in [0.5, 0.6) is 0 Å². The molecule has 0 aliphatic carbocycles. The molecule has 1 aliphatic heterocycles. The molecule has 2 nitrogen and oxygen atoms in total. The number of benzene rings is 1. The molecule has 1 fully saturated rings. The normalized spacial score (nSPS) is 20.7. The maximum atomic E-state index is 13.8. The molecule has 1 aliphatic rings. The van der Waals surface area contributed by atoms with E-state index in [0.29, 0.717) is 12.5 Å². The minimum Gasteiger partial charge on any atom is -0.378 e. The molecule has 1 N–H and O–H groups in total. The van der Waals surface area contributed by atoms with E-state index < -0.39 is 0 Å². The zero-order chi connectivity index (χ0) is 13.7. The van der Waals surface area contributed by atoms with Gasteiger partial charge in [0.05, 0.1) is 6.10 Å². The Hall–Kier alpha value is -0.450. The molecule has 106 valence electrons. The van der Waals surface area contributed by atoms with Gasteiger partial charge in [0.1, 0.15) is 5.82 Å². The topological polar surface area (TPSA) is 21.3 Å². The highest BCUT2D eigenvalue weighted by molar-refractivity contribution is 9.10. The average molecular weight is 330 g/mol. The summed E-state index contributed by atoms with van der Waals surface area (Å²) >= 11 is 3.40. The van der Waals surface area contributed by atoms with Gasteiger partial charge in [-0.2, -0.15) is 0 Å². The van der Waals surface area contributed by atoms with Crippen LogP contribution in [0, 0.1) is 5.82 Å². The van der Waals surface area contributed by atoms with Crippen molar-refractivity contribution in [1.29, 1.82) is 0 Å². The second kappa shape index (κ2) is 7.36. The zero-order valence-electron chi connectivity index (χ0n) is 11.3. The first kappa shape index (κ1) is 14.9. The Bertz CT molecular complexity index is 407. The van der Waals surface area contributed by atoms with Gasteiger partial charge in [-0.15, -0.1) is 0 Å². The summed E-state index contributed by atoms with van der Waals surface area (Å²) in [4.78, 5) is 0. The van der Waals surface area contributed by atoms with E-state index in [2.05, 4.69) is 28.2 Å². The van der Waals surface area contributed by atoms with Crippen molar-refractivity contribution in [2.75, 3.05) is 13.2 Å². The van der Waals surface area contributed by atoms with Gasteiger partial charge in [-0.1, -0.05) is 22.9 Å². The maximum Gasteiger partial charge on any atom is 0.126 e. The standard InChI is InChI=1S/C15H21BrFNO/c1-2-18-13(10-14-4-3-7-19-14)9-11-8-12(16)5-6-15(11)17/h5-6,8,13-14,18H,2-4,7,9-10H2,1H3. The molecule has 2 rings (SSSR count). The van der Waals surface area contributed by atoms with Crippen molar-refractivity contribution in [2.24, 2.45) is 0 Å². The molecular weight excluding hydrogens is 309 g/mol. The fourth-order valence-corrected chi connectivity index (χ4v) is 3.05. The van der Waals surface area contributed by atoms with Crippen LogP contribution in [0.3, 0.4) is 0 Å². The Morgan fingerprint density at radius 3 is 3.05 bits per heavy atom. The van der Waals surface area contributed by atoms with E-state index in [4.69, 9.17) is 4.74 Å². The van der Waals surface area contributed by atoms with Crippen LogP contribution in [0.2, 0.25) is 0 Å². The molecule has 0 saturated carbocycles. The molecule has 1 aromatic carbocycles. The van der Waals surface area contributed by atoms with Crippen molar-refractivity contribution >= 4 is 15.9 Å². The Labute approximate surface area is 122 Å². The number of rotatable bonds is 6. The third-order valence-electron chi connectivity index (χ3n) is 3.54. The largest absolute Gasteiger partial charge is 0.378 e. The Morgan fingerprint density at radius 2 is 2.37 bits per heavy atom. The molecule has 0 bridgehead atoms. The predicted octanol–water partition coefficient (Wildman–Crippen LogP) is 3.68. The summed E-state index contributed by atoms with van der Waals surface area (Å²) in [5, 5.41) is 3.44. The van der Waals surface area contributed by atoms with Gasteiger partial charge in [-0.05, 0) is 56.0 Å². The minimum absolute atomic E-state index is 0.126. The molecule has 0 spiro atoms. The predicted molar refractivity (Wildman–Crippen MR) is 78.9 cm³/mol. The van der Waals surface area contributed by atoms with Crippen molar-refractivity contribution in [3.63, 3.8) is 0 Å².